The molecule has 1 heteroatoms. The molecule has 3 rings (SSSR count). The van der Waals surface area contributed by atoms with Crippen molar-refractivity contribution in [3.05, 3.63) is 35.4 Å². The van der Waals surface area contributed by atoms with Crippen LogP contribution in [0.25, 0.3) is 0 Å². The third kappa shape index (κ3) is 1.28. The van der Waals surface area contributed by atoms with Crippen LogP contribution in [0.3, 0.4) is 0 Å². The maximum absolute atomic E-state index is 5.90. The molecular formula is C12H14O. The average Bonchev–Trinajstić information content (AvgIpc) is 2.48. The van der Waals surface area contributed by atoms with Crippen molar-refractivity contribution in [1.29, 1.82) is 0 Å². The van der Waals surface area contributed by atoms with Crippen molar-refractivity contribution in [1.82, 2.24) is 0 Å². The molecule has 1 fully saturated rings. The summed E-state index contributed by atoms with van der Waals surface area (Å²) in [5, 5.41) is 0. The molecule has 1 aromatic carbocycles. The molecule has 1 aromatic rings. The van der Waals surface area contributed by atoms with Gasteiger partial charge in [0.25, 0.3) is 0 Å². The number of benzene rings is 1. The van der Waals surface area contributed by atoms with E-state index in [2.05, 4.69) is 24.3 Å². The number of hydrogen-bond acceptors (Lipinski definition) is 1. The highest BCUT2D eigenvalue weighted by Gasteiger charge is 2.29. The van der Waals surface area contributed by atoms with E-state index in [0.717, 1.165) is 12.8 Å². The summed E-state index contributed by atoms with van der Waals surface area (Å²) in [6.07, 6.45) is 5.81. The van der Waals surface area contributed by atoms with Crippen LogP contribution in [0.5, 0.6) is 0 Å². The van der Waals surface area contributed by atoms with Crippen LogP contribution in [0.1, 0.15) is 24.0 Å². The van der Waals surface area contributed by atoms with E-state index in [1.54, 1.807) is 0 Å². The molecule has 13 heavy (non-hydrogen) atoms. The fraction of sp³-hybridized carbons (Fsp3) is 0.500. The Hall–Kier alpha value is -0.820. The first-order valence-corrected chi connectivity index (χ1v) is 5.14. The van der Waals surface area contributed by atoms with Crippen LogP contribution in [0.2, 0.25) is 0 Å². The van der Waals surface area contributed by atoms with E-state index in [1.165, 1.54) is 24.0 Å². The van der Waals surface area contributed by atoms with Gasteiger partial charge in [-0.2, -0.15) is 0 Å². The molecule has 2 atom stereocenters. The lowest BCUT2D eigenvalue weighted by Gasteiger charge is -2.09. The SMILES string of the molecule is c1ccc2c(c1)CC1CCC(C2)O1. The van der Waals surface area contributed by atoms with E-state index in [4.69, 9.17) is 4.74 Å². The predicted molar refractivity (Wildman–Crippen MR) is 51.7 cm³/mol. The molecule has 0 saturated carbocycles. The van der Waals surface area contributed by atoms with Crippen molar-refractivity contribution in [2.75, 3.05) is 0 Å². The Balaban J connectivity index is 2.01. The molecule has 2 aliphatic heterocycles. The highest BCUT2D eigenvalue weighted by atomic mass is 16.5. The van der Waals surface area contributed by atoms with Crippen molar-refractivity contribution >= 4 is 0 Å². The fourth-order valence-electron chi connectivity index (χ4n) is 2.53. The van der Waals surface area contributed by atoms with Gasteiger partial charge in [-0.25, -0.2) is 0 Å². The zero-order valence-corrected chi connectivity index (χ0v) is 7.70. The van der Waals surface area contributed by atoms with Gasteiger partial charge in [-0.15, -0.1) is 0 Å². The molecule has 68 valence electrons. The fourth-order valence-corrected chi connectivity index (χ4v) is 2.53. The smallest absolute Gasteiger partial charge is 0.0620 e. The van der Waals surface area contributed by atoms with E-state index in [1.807, 2.05) is 0 Å². The Morgan fingerprint density at radius 2 is 1.46 bits per heavy atom. The third-order valence-corrected chi connectivity index (χ3v) is 3.21. The van der Waals surface area contributed by atoms with Crippen molar-refractivity contribution in [2.45, 2.75) is 37.9 Å². The zero-order valence-electron chi connectivity index (χ0n) is 7.70. The van der Waals surface area contributed by atoms with Gasteiger partial charge in [-0.05, 0) is 36.8 Å². The van der Waals surface area contributed by atoms with Crippen LogP contribution in [0, 0.1) is 0 Å². The Bertz CT molecular complexity index is 288. The molecule has 0 amide bonds. The average molecular weight is 174 g/mol. The van der Waals surface area contributed by atoms with Crippen LogP contribution in [-0.4, -0.2) is 12.2 Å². The van der Waals surface area contributed by atoms with Crippen LogP contribution in [-0.2, 0) is 17.6 Å². The van der Waals surface area contributed by atoms with Crippen LogP contribution in [0.15, 0.2) is 24.3 Å². The van der Waals surface area contributed by atoms with Gasteiger partial charge < -0.3 is 4.74 Å². The molecule has 0 aliphatic carbocycles. The molecular weight excluding hydrogens is 160 g/mol. The summed E-state index contributed by atoms with van der Waals surface area (Å²) in [7, 11) is 0. The summed E-state index contributed by atoms with van der Waals surface area (Å²) in [6, 6.07) is 8.77. The van der Waals surface area contributed by atoms with Crippen molar-refractivity contribution < 1.29 is 4.74 Å². The summed E-state index contributed by atoms with van der Waals surface area (Å²) < 4.78 is 5.90. The molecule has 1 saturated heterocycles. The quantitative estimate of drug-likeness (QED) is 0.586. The number of hydrogen-bond donors (Lipinski definition) is 0. The van der Waals surface area contributed by atoms with E-state index in [9.17, 15) is 0 Å². The first-order chi connectivity index (χ1) is 6.42. The largest absolute Gasteiger partial charge is 0.374 e. The first kappa shape index (κ1) is 7.57. The summed E-state index contributed by atoms with van der Waals surface area (Å²) in [6.45, 7) is 0. The lowest BCUT2D eigenvalue weighted by atomic mass is 9.94. The summed E-state index contributed by atoms with van der Waals surface area (Å²) >= 11 is 0. The van der Waals surface area contributed by atoms with Gasteiger partial charge in [0, 0.05) is 0 Å². The molecule has 2 unspecified atom stereocenters. The minimum atomic E-state index is 0.508. The lowest BCUT2D eigenvalue weighted by molar-refractivity contribution is 0.0518. The summed E-state index contributed by atoms with van der Waals surface area (Å²) in [4.78, 5) is 0. The maximum atomic E-state index is 5.90. The van der Waals surface area contributed by atoms with Gasteiger partial charge in [0.15, 0.2) is 0 Å². The van der Waals surface area contributed by atoms with E-state index in [-0.39, 0.29) is 0 Å². The Morgan fingerprint density at radius 1 is 0.923 bits per heavy atom. The third-order valence-electron chi connectivity index (χ3n) is 3.21. The van der Waals surface area contributed by atoms with Gasteiger partial charge in [0.1, 0.15) is 0 Å². The second-order valence-corrected chi connectivity index (χ2v) is 4.13. The van der Waals surface area contributed by atoms with Gasteiger partial charge in [-0.1, -0.05) is 24.3 Å². The molecule has 2 heterocycles. The molecule has 2 aliphatic rings. The highest BCUT2D eigenvalue weighted by molar-refractivity contribution is 5.29. The maximum Gasteiger partial charge on any atom is 0.0620 e. The lowest BCUT2D eigenvalue weighted by Crippen LogP contribution is -2.10. The second kappa shape index (κ2) is 2.85. The minimum Gasteiger partial charge on any atom is -0.374 e. The summed E-state index contributed by atoms with van der Waals surface area (Å²) in [5.74, 6) is 0. The van der Waals surface area contributed by atoms with E-state index < -0.39 is 0 Å². The number of ether oxygens (including phenoxy) is 1. The molecule has 0 radical (unpaired) electrons. The van der Waals surface area contributed by atoms with Crippen LogP contribution < -0.4 is 0 Å². The summed E-state index contributed by atoms with van der Waals surface area (Å²) in [5.41, 5.74) is 3.02. The van der Waals surface area contributed by atoms with Gasteiger partial charge in [0.2, 0.25) is 0 Å². The van der Waals surface area contributed by atoms with Crippen molar-refractivity contribution in [3.8, 4) is 0 Å². The van der Waals surface area contributed by atoms with E-state index in [0.29, 0.717) is 12.2 Å². The number of fused-ring (bicyclic) bond motifs is 3. The van der Waals surface area contributed by atoms with Gasteiger partial charge >= 0.3 is 0 Å². The Morgan fingerprint density at radius 3 is 2.00 bits per heavy atom. The van der Waals surface area contributed by atoms with Gasteiger partial charge in [-0.3, -0.25) is 0 Å². The monoisotopic (exact) mass is 174 g/mol. The predicted octanol–water partition coefficient (Wildman–Crippen LogP) is 2.33. The van der Waals surface area contributed by atoms with Gasteiger partial charge in [0.05, 0.1) is 12.2 Å². The highest BCUT2D eigenvalue weighted by Crippen LogP contribution is 2.30. The zero-order chi connectivity index (χ0) is 8.67. The normalized spacial score (nSPS) is 31.1. The molecule has 0 aromatic heterocycles. The number of rotatable bonds is 0. The van der Waals surface area contributed by atoms with E-state index >= 15 is 0 Å². The molecule has 0 N–H and O–H groups in total. The standard InChI is InChI=1S/C12H14O/c1-2-4-10-8-12-6-5-11(13-12)7-9(10)3-1/h1-4,11-12H,5-8H2. The van der Waals surface area contributed by atoms with Crippen molar-refractivity contribution in [2.24, 2.45) is 0 Å². The molecule has 1 nitrogen and oxygen atoms in total. The van der Waals surface area contributed by atoms with Crippen molar-refractivity contribution in [3.63, 3.8) is 0 Å². The molecule has 2 bridgehead atoms. The topological polar surface area (TPSA) is 9.23 Å². The molecule has 0 spiro atoms. The minimum absolute atomic E-state index is 0.508. The Labute approximate surface area is 78.7 Å². The Kier molecular flexibility index (Phi) is 1.66. The second-order valence-electron chi connectivity index (χ2n) is 4.13. The van der Waals surface area contributed by atoms with Crippen LogP contribution >= 0.6 is 0 Å². The van der Waals surface area contributed by atoms with Crippen LogP contribution in [0.4, 0.5) is 0 Å². The first-order valence-electron chi connectivity index (χ1n) is 5.14.